The molecule has 1 rings (SSSR count). The maximum atomic E-state index is 11.9. The summed E-state index contributed by atoms with van der Waals surface area (Å²) in [5.74, 6) is -0.711. The molecule has 1 amide bonds. The molecule has 5 nitrogen and oxygen atoms in total. The van der Waals surface area contributed by atoms with Gasteiger partial charge in [-0.2, -0.15) is 0 Å². The van der Waals surface area contributed by atoms with Crippen LogP contribution in [0.4, 0.5) is 0 Å². The van der Waals surface area contributed by atoms with E-state index in [2.05, 4.69) is 5.32 Å². The van der Waals surface area contributed by atoms with Gasteiger partial charge in [-0.15, -0.1) is 0 Å². The van der Waals surface area contributed by atoms with Crippen LogP contribution in [0.5, 0.6) is 0 Å². The first-order valence-corrected chi connectivity index (χ1v) is 5.46. The second-order valence-corrected chi connectivity index (χ2v) is 4.33. The van der Waals surface area contributed by atoms with E-state index in [1.54, 1.807) is 19.9 Å². The molecule has 0 radical (unpaired) electrons. The van der Waals surface area contributed by atoms with Gasteiger partial charge in [-0.25, -0.2) is 0 Å². The number of carbonyl (C=O) groups excluding carboxylic acids is 1. The highest BCUT2D eigenvalue weighted by Crippen LogP contribution is 2.17. The Bertz CT molecular complexity index is 424. The molecule has 0 aliphatic heterocycles. The van der Waals surface area contributed by atoms with Crippen molar-refractivity contribution < 1.29 is 19.1 Å². The van der Waals surface area contributed by atoms with Crippen LogP contribution in [0, 0.1) is 6.92 Å². The standard InChI is InChI=1S/C12H17NO4/c1-4-12(3,7-10(14)15)13-11(16)9-5-6-17-8(9)2/h5-6H,4,7H2,1-3H3,(H,13,16)(H,14,15)/t12-/m0/s1. The lowest BCUT2D eigenvalue weighted by molar-refractivity contribution is -0.138. The summed E-state index contributed by atoms with van der Waals surface area (Å²) in [6, 6.07) is 1.57. The fourth-order valence-corrected chi connectivity index (χ4v) is 1.55. The summed E-state index contributed by atoms with van der Waals surface area (Å²) < 4.78 is 5.04. The van der Waals surface area contributed by atoms with Gasteiger partial charge in [0.2, 0.25) is 0 Å². The predicted molar refractivity (Wildman–Crippen MR) is 61.9 cm³/mol. The molecule has 0 fully saturated rings. The van der Waals surface area contributed by atoms with Gasteiger partial charge in [-0.1, -0.05) is 6.92 Å². The Morgan fingerprint density at radius 2 is 2.18 bits per heavy atom. The van der Waals surface area contributed by atoms with Crippen molar-refractivity contribution in [3.05, 3.63) is 23.7 Å². The number of hydrogen-bond donors (Lipinski definition) is 2. The van der Waals surface area contributed by atoms with Gasteiger partial charge in [0.25, 0.3) is 5.91 Å². The Hall–Kier alpha value is -1.78. The van der Waals surface area contributed by atoms with Gasteiger partial charge in [-0.05, 0) is 26.3 Å². The summed E-state index contributed by atoms with van der Waals surface area (Å²) in [4.78, 5) is 22.7. The van der Waals surface area contributed by atoms with Crippen molar-refractivity contribution in [2.45, 2.75) is 39.2 Å². The highest BCUT2D eigenvalue weighted by atomic mass is 16.4. The van der Waals surface area contributed by atoms with Crippen LogP contribution < -0.4 is 5.32 Å². The van der Waals surface area contributed by atoms with E-state index in [1.165, 1.54) is 6.26 Å². The third-order valence-corrected chi connectivity index (χ3v) is 2.84. The van der Waals surface area contributed by atoms with Gasteiger partial charge < -0.3 is 14.8 Å². The fourth-order valence-electron chi connectivity index (χ4n) is 1.55. The first-order valence-electron chi connectivity index (χ1n) is 5.46. The number of rotatable bonds is 5. The largest absolute Gasteiger partial charge is 0.481 e. The molecule has 0 saturated carbocycles. The highest BCUT2D eigenvalue weighted by Gasteiger charge is 2.28. The Labute approximate surface area is 99.8 Å². The third kappa shape index (κ3) is 3.34. The minimum absolute atomic E-state index is 0.105. The van der Waals surface area contributed by atoms with Gasteiger partial charge in [-0.3, -0.25) is 9.59 Å². The normalized spacial score (nSPS) is 14.1. The molecule has 17 heavy (non-hydrogen) atoms. The molecule has 5 heteroatoms. The van der Waals surface area contributed by atoms with Crippen LogP contribution in [0.15, 0.2) is 16.7 Å². The number of carboxylic acid groups (broad SMARTS) is 1. The molecule has 2 N–H and O–H groups in total. The van der Waals surface area contributed by atoms with Crippen LogP contribution in [0.1, 0.15) is 42.8 Å². The number of aliphatic carboxylic acids is 1. The zero-order chi connectivity index (χ0) is 13.1. The summed E-state index contributed by atoms with van der Waals surface area (Å²) in [5.41, 5.74) is -0.304. The lowest BCUT2D eigenvalue weighted by Gasteiger charge is -2.27. The lowest BCUT2D eigenvalue weighted by atomic mass is 9.94. The summed E-state index contributed by atoms with van der Waals surface area (Å²) in [6.07, 6.45) is 1.87. The van der Waals surface area contributed by atoms with Crippen molar-refractivity contribution in [1.82, 2.24) is 5.32 Å². The minimum Gasteiger partial charge on any atom is -0.481 e. The topological polar surface area (TPSA) is 79.5 Å². The van der Waals surface area contributed by atoms with Crippen molar-refractivity contribution in [2.24, 2.45) is 0 Å². The van der Waals surface area contributed by atoms with E-state index in [0.29, 0.717) is 17.7 Å². The number of nitrogens with one attached hydrogen (secondary N) is 1. The van der Waals surface area contributed by atoms with E-state index in [-0.39, 0.29) is 12.3 Å². The molecular weight excluding hydrogens is 222 g/mol. The Balaban J connectivity index is 2.79. The highest BCUT2D eigenvalue weighted by molar-refractivity contribution is 5.95. The average molecular weight is 239 g/mol. The average Bonchev–Trinajstić information content (AvgIpc) is 2.63. The van der Waals surface area contributed by atoms with Crippen LogP contribution in [0.25, 0.3) is 0 Å². The fraction of sp³-hybridized carbons (Fsp3) is 0.500. The van der Waals surface area contributed by atoms with E-state index in [1.807, 2.05) is 6.92 Å². The molecule has 1 heterocycles. The van der Waals surface area contributed by atoms with Crippen LogP contribution in [0.3, 0.4) is 0 Å². The molecule has 0 aromatic carbocycles. The van der Waals surface area contributed by atoms with E-state index in [4.69, 9.17) is 9.52 Å². The number of carbonyl (C=O) groups is 2. The zero-order valence-electron chi connectivity index (χ0n) is 10.2. The summed E-state index contributed by atoms with van der Waals surface area (Å²) in [7, 11) is 0. The van der Waals surface area contributed by atoms with E-state index >= 15 is 0 Å². The van der Waals surface area contributed by atoms with Crippen molar-refractivity contribution in [1.29, 1.82) is 0 Å². The van der Waals surface area contributed by atoms with Gasteiger partial charge in [0.15, 0.2) is 0 Å². The van der Waals surface area contributed by atoms with E-state index in [0.717, 1.165) is 0 Å². The molecule has 1 atom stereocenters. The van der Waals surface area contributed by atoms with Crippen LogP contribution >= 0.6 is 0 Å². The number of amides is 1. The van der Waals surface area contributed by atoms with Crippen LogP contribution in [-0.2, 0) is 4.79 Å². The Kier molecular flexibility index (Phi) is 3.93. The van der Waals surface area contributed by atoms with Crippen molar-refractivity contribution in [2.75, 3.05) is 0 Å². The third-order valence-electron chi connectivity index (χ3n) is 2.84. The smallest absolute Gasteiger partial charge is 0.305 e. The molecule has 0 spiro atoms. The molecular formula is C12H17NO4. The lowest BCUT2D eigenvalue weighted by Crippen LogP contribution is -2.47. The molecule has 94 valence electrons. The van der Waals surface area contributed by atoms with Gasteiger partial charge in [0.05, 0.1) is 18.2 Å². The second-order valence-electron chi connectivity index (χ2n) is 4.33. The number of hydrogen-bond acceptors (Lipinski definition) is 3. The van der Waals surface area contributed by atoms with Gasteiger partial charge >= 0.3 is 5.97 Å². The monoisotopic (exact) mass is 239 g/mol. The van der Waals surface area contributed by atoms with E-state index < -0.39 is 11.5 Å². The first-order chi connectivity index (χ1) is 7.88. The van der Waals surface area contributed by atoms with Crippen LogP contribution in [-0.4, -0.2) is 22.5 Å². The first kappa shape index (κ1) is 13.3. The summed E-state index contributed by atoms with van der Waals surface area (Å²) in [6.45, 7) is 5.25. The Morgan fingerprint density at radius 3 is 2.59 bits per heavy atom. The molecule has 1 aromatic heterocycles. The maximum Gasteiger partial charge on any atom is 0.305 e. The van der Waals surface area contributed by atoms with Gasteiger partial charge in [0, 0.05) is 5.54 Å². The predicted octanol–water partition coefficient (Wildman–Crippen LogP) is 1.96. The quantitative estimate of drug-likeness (QED) is 0.823. The number of carboxylic acids is 1. The molecule has 0 bridgehead atoms. The molecule has 0 unspecified atom stereocenters. The minimum atomic E-state index is -0.932. The summed E-state index contributed by atoms with van der Waals surface area (Å²) in [5, 5.41) is 11.5. The molecule has 0 aliphatic rings. The SMILES string of the molecule is CC[C@@](C)(CC(=O)O)NC(=O)c1ccoc1C. The van der Waals surface area contributed by atoms with Crippen LogP contribution in [0.2, 0.25) is 0 Å². The number of aryl methyl sites for hydroxylation is 1. The molecule has 0 aliphatic carbocycles. The van der Waals surface area contributed by atoms with Crippen molar-refractivity contribution in [3.63, 3.8) is 0 Å². The second kappa shape index (κ2) is 5.03. The number of furan rings is 1. The zero-order valence-corrected chi connectivity index (χ0v) is 10.2. The maximum absolute atomic E-state index is 11.9. The molecule has 0 saturated heterocycles. The Morgan fingerprint density at radius 1 is 1.53 bits per heavy atom. The molecule has 1 aromatic rings. The van der Waals surface area contributed by atoms with E-state index in [9.17, 15) is 9.59 Å². The van der Waals surface area contributed by atoms with Crippen molar-refractivity contribution in [3.8, 4) is 0 Å². The van der Waals surface area contributed by atoms with Crippen molar-refractivity contribution >= 4 is 11.9 Å². The summed E-state index contributed by atoms with van der Waals surface area (Å²) >= 11 is 0. The van der Waals surface area contributed by atoms with Gasteiger partial charge in [0.1, 0.15) is 5.76 Å².